The maximum Gasteiger partial charge on any atom is 0.408 e. The average Bonchev–Trinajstić information content (AvgIpc) is 2.79. The highest BCUT2D eigenvalue weighted by atomic mass is 16.6. The topological polar surface area (TPSA) is 108 Å². The average molecular weight is 494 g/mol. The van der Waals surface area contributed by atoms with Crippen molar-refractivity contribution >= 4 is 17.9 Å². The van der Waals surface area contributed by atoms with Gasteiger partial charge in [-0.2, -0.15) is 0 Å². The zero-order valence-electron chi connectivity index (χ0n) is 21.4. The number of aromatic hydroxyl groups is 1. The van der Waals surface area contributed by atoms with Crippen LogP contribution in [0.1, 0.15) is 58.2 Å². The molecule has 0 bridgehead atoms. The van der Waals surface area contributed by atoms with E-state index in [0.29, 0.717) is 5.56 Å². The molecule has 2 unspecified atom stereocenters. The minimum absolute atomic E-state index is 0.0274. The molecule has 0 saturated carbocycles. The number of terminal acetylenes is 1. The molecule has 0 radical (unpaired) electrons. The molecule has 2 aromatic rings. The van der Waals surface area contributed by atoms with Gasteiger partial charge in [0.1, 0.15) is 23.4 Å². The summed E-state index contributed by atoms with van der Waals surface area (Å²) < 4.78 is 5.32. The first-order valence-corrected chi connectivity index (χ1v) is 11.8. The molecule has 8 heteroatoms. The number of hydrogen-bond donors (Lipinski definition) is 3. The monoisotopic (exact) mass is 493 g/mol. The highest BCUT2D eigenvalue weighted by molar-refractivity contribution is 5.93. The number of carbonyl (C=O) groups is 3. The van der Waals surface area contributed by atoms with Gasteiger partial charge >= 0.3 is 6.09 Å². The van der Waals surface area contributed by atoms with E-state index in [9.17, 15) is 19.5 Å². The first-order valence-electron chi connectivity index (χ1n) is 11.8. The fourth-order valence-electron chi connectivity index (χ4n) is 3.57. The minimum atomic E-state index is -1.24. The second-order valence-electron chi connectivity index (χ2n) is 9.87. The number of amides is 3. The first kappa shape index (κ1) is 28.2. The second kappa shape index (κ2) is 12.6. The smallest absolute Gasteiger partial charge is 0.408 e. The van der Waals surface area contributed by atoms with E-state index in [4.69, 9.17) is 11.2 Å². The molecule has 3 amide bonds. The Balaban J connectivity index is 2.38. The molecule has 0 spiro atoms. The van der Waals surface area contributed by atoms with Crippen LogP contribution in [-0.4, -0.2) is 39.6 Å². The molecule has 2 rings (SSSR count). The zero-order valence-corrected chi connectivity index (χ0v) is 21.4. The molecule has 8 nitrogen and oxygen atoms in total. The summed E-state index contributed by atoms with van der Waals surface area (Å²) in [6.45, 7) is 9.16. The van der Waals surface area contributed by atoms with Crippen molar-refractivity contribution in [1.29, 1.82) is 0 Å². The third-order valence-electron chi connectivity index (χ3n) is 5.07. The van der Waals surface area contributed by atoms with Gasteiger partial charge in [-0.05, 0) is 56.4 Å². The molecule has 192 valence electrons. The van der Waals surface area contributed by atoms with Gasteiger partial charge in [0.25, 0.3) is 5.91 Å². The molecule has 0 fully saturated rings. The number of phenols is 1. The van der Waals surface area contributed by atoms with Gasteiger partial charge < -0.3 is 20.5 Å². The SMILES string of the molecule is C#CN(C(=O)C(CC(C)C)NC(=O)OC(C)(C)C)C(C(=O)NCc1ccccc1)c1cccc(O)c1. The Morgan fingerprint density at radius 3 is 2.31 bits per heavy atom. The highest BCUT2D eigenvalue weighted by Gasteiger charge is 2.36. The van der Waals surface area contributed by atoms with Crippen LogP contribution in [0.25, 0.3) is 0 Å². The van der Waals surface area contributed by atoms with Gasteiger partial charge in [0, 0.05) is 12.6 Å². The molecule has 2 atom stereocenters. The van der Waals surface area contributed by atoms with E-state index in [1.54, 1.807) is 32.9 Å². The molecular weight excluding hydrogens is 458 g/mol. The lowest BCUT2D eigenvalue weighted by atomic mass is 9.99. The normalized spacial score (nSPS) is 12.7. The van der Waals surface area contributed by atoms with Crippen LogP contribution in [0.15, 0.2) is 54.6 Å². The Morgan fingerprint density at radius 2 is 1.75 bits per heavy atom. The molecule has 2 aromatic carbocycles. The number of rotatable bonds is 9. The molecular formula is C28H35N3O5. The van der Waals surface area contributed by atoms with Gasteiger partial charge in [-0.25, -0.2) is 4.79 Å². The fraction of sp³-hybridized carbons (Fsp3) is 0.393. The van der Waals surface area contributed by atoms with Crippen LogP contribution in [0.4, 0.5) is 4.79 Å². The van der Waals surface area contributed by atoms with E-state index in [2.05, 4.69) is 16.7 Å². The van der Waals surface area contributed by atoms with Crippen molar-refractivity contribution in [1.82, 2.24) is 15.5 Å². The van der Waals surface area contributed by atoms with Gasteiger partial charge in [0.2, 0.25) is 5.91 Å². The highest BCUT2D eigenvalue weighted by Crippen LogP contribution is 2.26. The third kappa shape index (κ3) is 8.66. The van der Waals surface area contributed by atoms with E-state index in [0.717, 1.165) is 10.5 Å². The Morgan fingerprint density at radius 1 is 1.08 bits per heavy atom. The summed E-state index contributed by atoms with van der Waals surface area (Å²) in [5, 5.41) is 15.5. The number of benzene rings is 2. The Hall–Kier alpha value is -3.99. The lowest BCUT2D eigenvalue weighted by molar-refractivity contribution is -0.139. The molecule has 3 N–H and O–H groups in total. The van der Waals surface area contributed by atoms with Crippen LogP contribution in [0, 0.1) is 18.4 Å². The van der Waals surface area contributed by atoms with Crippen molar-refractivity contribution in [2.75, 3.05) is 0 Å². The number of alkyl carbamates (subject to hydrolysis) is 1. The summed E-state index contributed by atoms with van der Waals surface area (Å²) in [5.41, 5.74) is 0.429. The molecule has 0 heterocycles. The summed E-state index contributed by atoms with van der Waals surface area (Å²) in [4.78, 5) is 40.5. The number of ether oxygens (including phenoxy) is 1. The van der Waals surface area contributed by atoms with Gasteiger partial charge in [-0.1, -0.05) is 62.7 Å². The number of nitrogens with zero attached hydrogens (tertiary/aromatic N) is 1. The van der Waals surface area contributed by atoms with E-state index in [1.165, 1.54) is 12.1 Å². The molecule has 0 saturated heterocycles. The lowest BCUT2D eigenvalue weighted by Gasteiger charge is -2.31. The molecule has 36 heavy (non-hydrogen) atoms. The predicted octanol–water partition coefficient (Wildman–Crippen LogP) is 4.11. The van der Waals surface area contributed by atoms with Gasteiger partial charge in [-0.3, -0.25) is 14.5 Å². The summed E-state index contributed by atoms with van der Waals surface area (Å²) in [7, 11) is 0. The van der Waals surface area contributed by atoms with Crippen molar-refractivity contribution in [3.05, 3.63) is 65.7 Å². The minimum Gasteiger partial charge on any atom is -0.508 e. The second-order valence-corrected chi connectivity index (χ2v) is 9.87. The summed E-state index contributed by atoms with van der Waals surface area (Å²) in [6.07, 6.45) is 5.27. The van der Waals surface area contributed by atoms with E-state index < -0.39 is 35.6 Å². The Labute approximate surface area is 213 Å². The van der Waals surface area contributed by atoms with Crippen molar-refractivity contribution in [2.45, 2.75) is 65.3 Å². The first-order chi connectivity index (χ1) is 16.9. The standard InChI is InChI=1S/C28H35N3O5/c1-7-31(26(34)23(16-19(2)3)30-27(35)36-28(4,5)6)24(21-14-11-15-22(32)17-21)25(33)29-18-20-12-9-8-10-13-20/h1,8-15,17,19,23-24,32H,16,18H2,2-6H3,(H,29,33)(H,30,35). The van der Waals surface area contributed by atoms with Crippen molar-refractivity contribution in [3.8, 4) is 18.2 Å². The number of carbonyl (C=O) groups excluding carboxylic acids is 3. The quantitative estimate of drug-likeness (QED) is 0.360. The largest absolute Gasteiger partial charge is 0.508 e. The predicted molar refractivity (Wildman–Crippen MR) is 137 cm³/mol. The van der Waals surface area contributed by atoms with Crippen LogP contribution in [0.3, 0.4) is 0 Å². The van der Waals surface area contributed by atoms with Crippen molar-refractivity contribution in [3.63, 3.8) is 0 Å². The van der Waals surface area contributed by atoms with Crippen molar-refractivity contribution in [2.24, 2.45) is 5.92 Å². The maximum absolute atomic E-state index is 13.7. The Kier molecular flexibility index (Phi) is 9.92. The fourth-order valence-corrected chi connectivity index (χ4v) is 3.57. The van der Waals surface area contributed by atoms with E-state index >= 15 is 0 Å². The van der Waals surface area contributed by atoms with Gasteiger partial charge in [0.15, 0.2) is 0 Å². The summed E-state index contributed by atoms with van der Waals surface area (Å²) >= 11 is 0. The number of hydrogen-bond acceptors (Lipinski definition) is 5. The van der Waals surface area contributed by atoms with Crippen LogP contribution in [0.5, 0.6) is 5.75 Å². The van der Waals surface area contributed by atoms with E-state index in [-0.39, 0.29) is 24.6 Å². The Bertz CT molecular complexity index is 1090. The summed E-state index contributed by atoms with van der Waals surface area (Å²) in [6, 6.07) is 15.3. The molecule has 0 aliphatic rings. The van der Waals surface area contributed by atoms with Crippen LogP contribution >= 0.6 is 0 Å². The van der Waals surface area contributed by atoms with Gasteiger partial charge in [-0.15, -0.1) is 0 Å². The van der Waals surface area contributed by atoms with E-state index in [1.807, 2.05) is 44.2 Å². The molecule has 0 aliphatic heterocycles. The van der Waals surface area contributed by atoms with Gasteiger partial charge in [0.05, 0.1) is 0 Å². The molecule has 0 aromatic heterocycles. The lowest BCUT2D eigenvalue weighted by Crippen LogP contribution is -2.51. The number of nitrogens with one attached hydrogen (secondary N) is 2. The number of phenolic OH excluding ortho intramolecular Hbond substituents is 1. The molecule has 0 aliphatic carbocycles. The van der Waals surface area contributed by atoms with Crippen molar-refractivity contribution < 1.29 is 24.2 Å². The van der Waals surface area contributed by atoms with Crippen LogP contribution in [0.2, 0.25) is 0 Å². The van der Waals surface area contributed by atoms with Crippen LogP contribution in [-0.2, 0) is 20.9 Å². The zero-order chi connectivity index (χ0) is 26.9. The summed E-state index contributed by atoms with van der Waals surface area (Å²) in [5.74, 6) is -1.22. The maximum atomic E-state index is 13.7. The third-order valence-corrected chi connectivity index (χ3v) is 5.07. The van der Waals surface area contributed by atoms with Crippen LogP contribution < -0.4 is 10.6 Å².